The molecule has 2 rings (SSSR count). The third-order valence-electron chi connectivity index (χ3n) is 2.56. The molecule has 2 heterocycles. The molecule has 0 spiro atoms. The van der Waals surface area contributed by atoms with E-state index in [1.165, 1.54) is 17.0 Å². The molecule has 0 amide bonds. The van der Waals surface area contributed by atoms with Crippen molar-refractivity contribution in [3.63, 3.8) is 0 Å². The SMILES string of the molecule is CCCNCc1cccn1Cc1cccs1. The molecule has 2 nitrogen and oxygen atoms in total. The number of aromatic nitrogens is 1. The molecule has 0 fully saturated rings. The third kappa shape index (κ3) is 2.97. The van der Waals surface area contributed by atoms with Crippen molar-refractivity contribution in [2.24, 2.45) is 0 Å². The minimum atomic E-state index is 0.964. The van der Waals surface area contributed by atoms with Crippen LogP contribution in [0.15, 0.2) is 35.8 Å². The lowest BCUT2D eigenvalue weighted by Gasteiger charge is -2.08. The van der Waals surface area contributed by atoms with Crippen LogP contribution in [0.4, 0.5) is 0 Å². The van der Waals surface area contributed by atoms with E-state index in [0.717, 1.165) is 19.6 Å². The van der Waals surface area contributed by atoms with Gasteiger partial charge in [-0.25, -0.2) is 0 Å². The molecule has 0 radical (unpaired) electrons. The van der Waals surface area contributed by atoms with Crippen molar-refractivity contribution in [1.82, 2.24) is 9.88 Å². The molecule has 0 bridgehead atoms. The maximum absolute atomic E-state index is 3.44. The first-order valence-electron chi connectivity index (χ1n) is 5.77. The Kier molecular flexibility index (Phi) is 4.19. The molecule has 2 aromatic heterocycles. The van der Waals surface area contributed by atoms with Crippen LogP contribution in [0, 0.1) is 0 Å². The van der Waals surface area contributed by atoms with Gasteiger partial charge in [-0.3, -0.25) is 0 Å². The molecule has 3 heteroatoms. The first-order valence-corrected chi connectivity index (χ1v) is 6.65. The van der Waals surface area contributed by atoms with Crippen molar-refractivity contribution in [3.8, 4) is 0 Å². The van der Waals surface area contributed by atoms with E-state index in [2.05, 4.69) is 52.7 Å². The largest absolute Gasteiger partial charge is 0.345 e. The Morgan fingerprint density at radius 1 is 1.31 bits per heavy atom. The highest BCUT2D eigenvalue weighted by atomic mass is 32.1. The van der Waals surface area contributed by atoms with Gasteiger partial charge in [0.25, 0.3) is 0 Å². The van der Waals surface area contributed by atoms with Crippen molar-refractivity contribution in [3.05, 3.63) is 46.4 Å². The highest BCUT2D eigenvalue weighted by Gasteiger charge is 2.01. The average Bonchev–Trinajstić information content (AvgIpc) is 2.92. The summed E-state index contributed by atoms with van der Waals surface area (Å²) in [4.78, 5) is 1.41. The summed E-state index contributed by atoms with van der Waals surface area (Å²) in [5, 5.41) is 5.57. The van der Waals surface area contributed by atoms with Gasteiger partial charge in [-0.1, -0.05) is 13.0 Å². The molecule has 0 aliphatic rings. The van der Waals surface area contributed by atoms with E-state index in [9.17, 15) is 0 Å². The fourth-order valence-corrected chi connectivity index (χ4v) is 2.43. The summed E-state index contributed by atoms with van der Waals surface area (Å²) in [5.74, 6) is 0. The predicted octanol–water partition coefficient (Wildman–Crippen LogP) is 3.10. The van der Waals surface area contributed by atoms with Crippen molar-refractivity contribution < 1.29 is 0 Å². The topological polar surface area (TPSA) is 17.0 Å². The quantitative estimate of drug-likeness (QED) is 0.760. The standard InChI is InChI=1S/C13H18N2S/c1-2-7-14-10-12-5-3-8-15(12)11-13-6-4-9-16-13/h3-6,8-9,14H,2,7,10-11H2,1H3. The molecule has 0 saturated carbocycles. The molecule has 0 aromatic carbocycles. The smallest absolute Gasteiger partial charge is 0.0566 e. The van der Waals surface area contributed by atoms with Crippen LogP contribution in [-0.4, -0.2) is 11.1 Å². The van der Waals surface area contributed by atoms with Gasteiger partial charge < -0.3 is 9.88 Å². The van der Waals surface area contributed by atoms with Crippen LogP contribution in [0.3, 0.4) is 0 Å². The highest BCUT2D eigenvalue weighted by Crippen LogP contribution is 2.12. The van der Waals surface area contributed by atoms with E-state index < -0.39 is 0 Å². The van der Waals surface area contributed by atoms with Crippen LogP contribution in [0.5, 0.6) is 0 Å². The first kappa shape index (κ1) is 11.4. The molecule has 1 N–H and O–H groups in total. The van der Waals surface area contributed by atoms with Crippen LogP contribution in [0.2, 0.25) is 0 Å². The van der Waals surface area contributed by atoms with E-state index in [1.54, 1.807) is 0 Å². The molecular weight excluding hydrogens is 216 g/mol. The monoisotopic (exact) mass is 234 g/mol. The molecule has 0 saturated heterocycles. The number of thiophene rings is 1. The van der Waals surface area contributed by atoms with Crippen LogP contribution >= 0.6 is 11.3 Å². The minimum absolute atomic E-state index is 0.964. The summed E-state index contributed by atoms with van der Waals surface area (Å²) in [6.45, 7) is 5.24. The Morgan fingerprint density at radius 2 is 2.25 bits per heavy atom. The zero-order chi connectivity index (χ0) is 11.2. The van der Waals surface area contributed by atoms with Gasteiger partial charge in [0.1, 0.15) is 0 Å². The number of hydrogen-bond acceptors (Lipinski definition) is 2. The van der Waals surface area contributed by atoms with E-state index in [4.69, 9.17) is 0 Å². The van der Waals surface area contributed by atoms with Crippen LogP contribution in [-0.2, 0) is 13.1 Å². The summed E-state index contributed by atoms with van der Waals surface area (Å²) < 4.78 is 2.31. The van der Waals surface area contributed by atoms with Crippen LogP contribution < -0.4 is 5.32 Å². The van der Waals surface area contributed by atoms with Gasteiger partial charge in [0.2, 0.25) is 0 Å². The zero-order valence-corrected chi connectivity index (χ0v) is 10.5. The van der Waals surface area contributed by atoms with Gasteiger partial charge in [0.15, 0.2) is 0 Å². The lowest BCUT2D eigenvalue weighted by Crippen LogP contribution is -2.16. The van der Waals surface area contributed by atoms with Crippen molar-refractivity contribution in [2.75, 3.05) is 6.54 Å². The second-order valence-corrected chi connectivity index (χ2v) is 4.92. The average molecular weight is 234 g/mol. The minimum Gasteiger partial charge on any atom is -0.345 e. The Balaban J connectivity index is 1.96. The lowest BCUT2D eigenvalue weighted by atomic mass is 10.4. The molecule has 16 heavy (non-hydrogen) atoms. The van der Waals surface area contributed by atoms with Gasteiger partial charge in [-0.05, 0) is 36.5 Å². The summed E-state index contributed by atoms with van der Waals surface area (Å²) in [7, 11) is 0. The molecular formula is C13H18N2S. The van der Waals surface area contributed by atoms with E-state index in [-0.39, 0.29) is 0 Å². The summed E-state index contributed by atoms with van der Waals surface area (Å²) in [6.07, 6.45) is 3.34. The highest BCUT2D eigenvalue weighted by molar-refractivity contribution is 7.09. The van der Waals surface area contributed by atoms with E-state index in [0.29, 0.717) is 0 Å². The Labute approximate surface area is 101 Å². The Hall–Kier alpha value is -1.06. The van der Waals surface area contributed by atoms with Crippen LogP contribution in [0.25, 0.3) is 0 Å². The van der Waals surface area contributed by atoms with E-state index in [1.807, 2.05) is 11.3 Å². The number of hydrogen-bond donors (Lipinski definition) is 1. The number of rotatable bonds is 6. The molecule has 0 unspecified atom stereocenters. The second kappa shape index (κ2) is 5.87. The number of nitrogens with one attached hydrogen (secondary N) is 1. The maximum atomic E-state index is 3.44. The molecule has 0 atom stereocenters. The number of nitrogens with zero attached hydrogens (tertiary/aromatic N) is 1. The van der Waals surface area contributed by atoms with Crippen molar-refractivity contribution in [1.29, 1.82) is 0 Å². The van der Waals surface area contributed by atoms with Crippen LogP contribution in [0.1, 0.15) is 23.9 Å². The summed E-state index contributed by atoms with van der Waals surface area (Å²) in [6, 6.07) is 8.61. The normalized spacial score (nSPS) is 10.8. The Morgan fingerprint density at radius 3 is 3.00 bits per heavy atom. The van der Waals surface area contributed by atoms with Gasteiger partial charge in [0.05, 0.1) is 6.54 Å². The molecule has 0 aliphatic heterocycles. The van der Waals surface area contributed by atoms with Gasteiger partial charge in [-0.15, -0.1) is 11.3 Å². The summed E-state index contributed by atoms with van der Waals surface area (Å²) >= 11 is 1.82. The fraction of sp³-hybridized carbons (Fsp3) is 0.385. The fourth-order valence-electron chi connectivity index (χ4n) is 1.73. The van der Waals surface area contributed by atoms with E-state index >= 15 is 0 Å². The first-order chi connectivity index (χ1) is 7.90. The predicted molar refractivity (Wildman–Crippen MR) is 69.9 cm³/mol. The maximum Gasteiger partial charge on any atom is 0.0566 e. The van der Waals surface area contributed by atoms with Gasteiger partial charge in [0, 0.05) is 23.3 Å². The molecule has 2 aromatic rings. The van der Waals surface area contributed by atoms with Gasteiger partial charge >= 0.3 is 0 Å². The zero-order valence-electron chi connectivity index (χ0n) is 9.65. The lowest BCUT2D eigenvalue weighted by molar-refractivity contribution is 0.632. The Bertz CT molecular complexity index is 403. The van der Waals surface area contributed by atoms with Crippen molar-refractivity contribution in [2.45, 2.75) is 26.4 Å². The third-order valence-corrected chi connectivity index (χ3v) is 3.42. The second-order valence-electron chi connectivity index (χ2n) is 3.88. The summed E-state index contributed by atoms with van der Waals surface area (Å²) in [5.41, 5.74) is 1.36. The molecule has 0 aliphatic carbocycles. The van der Waals surface area contributed by atoms with Gasteiger partial charge in [-0.2, -0.15) is 0 Å². The van der Waals surface area contributed by atoms with Crippen molar-refractivity contribution >= 4 is 11.3 Å². The molecule has 86 valence electrons.